The summed E-state index contributed by atoms with van der Waals surface area (Å²) < 4.78 is 1.40. The number of halogens is 1. The lowest BCUT2D eigenvalue weighted by atomic mass is 10.1. The number of nitrogens with one attached hydrogen (secondary N) is 2. The number of rotatable bonds is 3. The average Bonchev–Trinajstić information content (AvgIpc) is 2.67. The number of benzene rings is 2. The monoisotopic (exact) mass is 396 g/mol. The average molecular weight is 397 g/mol. The molecule has 0 radical (unpaired) electrons. The molecule has 3 aromatic rings. The highest BCUT2D eigenvalue weighted by Crippen LogP contribution is 2.19. The van der Waals surface area contributed by atoms with Gasteiger partial charge in [0.1, 0.15) is 0 Å². The molecule has 7 nitrogen and oxygen atoms in total. The summed E-state index contributed by atoms with van der Waals surface area (Å²) in [5.74, 6) is -1.34. The summed E-state index contributed by atoms with van der Waals surface area (Å²) in [7, 11) is 0. The van der Waals surface area contributed by atoms with Crippen molar-refractivity contribution in [2.75, 3.05) is 0 Å². The van der Waals surface area contributed by atoms with E-state index in [1.807, 2.05) is 6.92 Å². The molecule has 1 heterocycles. The van der Waals surface area contributed by atoms with Gasteiger partial charge >= 0.3 is 0 Å². The van der Waals surface area contributed by atoms with Crippen LogP contribution in [-0.2, 0) is 0 Å². The fourth-order valence-electron chi connectivity index (χ4n) is 2.52. The molecule has 8 heteroatoms. The molecule has 0 saturated carbocycles. The van der Waals surface area contributed by atoms with Crippen molar-refractivity contribution in [1.29, 1.82) is 0 Å². The zero-order chi connectivity index (χ0) is 20.3. The van der Waals surface area contributed by atoms with Crippen LogP contribution in [0, 0.1) is 13.8 Å². The van der Waals surface area contributed by atoms with Crippen molar-refractivity contribution >= 4 is 23.4 Å². The first kappa shape index (κ1) is 19.3. The minimum atomic E-state index is -0.828. The van der Waals surface area contributed by atoms with Crippen molar-refractivity contribution in [3.8, 4) is 5.69 Å². The number of para-hydroxylation sites is 1. The van der Waals surface area contributed by atoms with E-state index in [9.17, 15) is 14.4 Å². The van der Waals surface area contributed by atoms with E-state index in [4.69, 9.17) is 11.6 Å². The van der Waals surface area contributed by atoms with Crippen LogP contribution in [0.15, 0.2) is 59.4 Å². The van der Waals surface area contributed by atoms with E-state index in [2.05, 4.69) is 16.0 Å². The lowest BCUT2D eigenvalue weighted by molar-refractivity contribution is 0.0842. The third-order valence-electron chi connectivity index (χ3n) is 4.01. The minimum Gasteiger partial charge on any atom is -0.287 e. The minimum absolute atomic E-state index is 0.366. The first-order valence-corrected chi connectivity index (χ1v) is 8.78. The Morgan fingerprint density at radius 1 is 0.964 bits per heavy atom. The Morgan fingerprint density at radius 2 is 1.61 bits per heavy atom. The second-order valence-electron chi connectivity index (χ2n) is 6.14. The molecule has 0 atom stereocenters. The Morgan fingerprint density at radius 3 is 2.29 bits per heavy atom. The summed E-state index contributed by atoms with van der Waals surface area (Å²) in [6.07, 6.45) is 0. The Bertz CT molecular complexity index is 1110. The molecule has 142 valence electrons. The normalized spacial score (nSPS) is 10.4. The van der Waals surface area contributed by atoms with Crippen LogP contribution < -0.4 is 16.3 Å². The van der Waals surface area contributed by atoms with Crippen LogP contribution in [0.3, 0.4) is 0 Å². The number of amides is 2. The number of hydrazine groups is 1. The van der Waals surface area contributed by atoms with Crippen LogP contribution in [0.25, 0.3) is 5.69 Å². The van der Waals surface area contributed by atoms with Crippen LogP contribution in [0.5, 0.6) is 0 Å². The van der Waals surface area contributed by atoms with Gasteiger partial charge in [-0.15, -0.1) is 0 Å². The quantitative estimate of drug-likeness (QED) is 0.665. The first-order valence-electron chi connectivity index (χ1n) is 8.40. The topological polar surface area (TPSA) is 93.1 Å². The van der Waals surface area contributed by atoms with Crippen molar-refractivity contribution in [3.05, 3.63) is 92.4 Å². The summed E-state index contributed by atoms with van der Waals surface area (Å²) in [6.45, 7) is 3.58. The van der Waals surface area contributed by atoms with Gasteiger partial charge in [-0.25, -0.2) is 4.68 Å². The highest BCUT2D eigenvalue weighted by molar-refractivity contribution is 6.32. The predicted molar refractivity (Wildman–Crippen MR) is 106 cm³/mol. The van der Waals surface area contributed by atoms with Gasteiger partial charge in [-0.2, -0.15) is 5.10 Å². The fraction of sp³-hybridized carbons (Fsp3) is 0.100. The molecule has 0 saturated heterocycles. The van der Waals surface area contributed by atoms with E-state index in [0.717, 1.165) is 5.56 Å². The van der Waals surface area contributed by atoms with Gasteiger partial charge in [0.15, 0.2) is 5.69 Å². The second-order valence-corrected chi connectivity index (χ2v) is 6.54. The van der Waals surface area contributed by atoms with E-state index in [0.29, 0.717) is 22.0 Å². The summed E-state index contributed by atoms with van der Waals surface area (Å²) in [6, 6.07) is 15.0. The number of carbonyl (C=O) groups is 2. The SMILES string of the molecule is Cc1ccc(C(=O)NNC(=O)c2nn(-c3ccccc3Cl)c(C)cc2=O)cc1. The molecule has 0 aliphatic heterocycles. The molecule has 0 aliphatic carbocycles. The van der Waals surface area contributed by atoms with E-state index in [1.165, 1.54) is 10.7 Å². The predicted octanol–water partition coefficient (Wildman–Crippen LogP) is 2.58. The summed E-state index contributed by atoms with van der Waals surface area (Å²) >= 11 is 6.19. The van der Waals surface area contributed by atoms with Crippen molar-refractivity contribution in [1.82, 2.24) is 20.6 Å². The molecule has 0 aliphatic rings. The maximum absolute atomic E-state index is 12.4. The van der Waals surface area contributed by atoms with Crippen molar-refractivity contribution in [2.24, 2.45) is 0 Å². The molecular weight excluding hydrogens is 380 g/mol. The van der Waals surface area contributed by atoms with Gasteiger partial charge in [0, 0.05) is 17.3 Å². The molecule has 2 amide bonds. The Hall–Kier alpha value is -3.45. The van der Waals surface area contributed by atoms with Gasteiger partial charge in [0.05, 0.1) is 10.7 Å². The van der Waals surface area contributed by atoms with Gasteiger partial charge in [-0.3, -0.25) is 25.2 Å². The number of hydrogen-bond donors (Lipinski definition) is 2. The second kappa shape index (κ2) is 8.06. The zero-order valence-corrected chi connectivity index (χ0v) is 15.9. The largest absolute Gasteiger partial charge is 0.294 e. The highest BCUT2D eigenvalue weighted by atomic mass is 35.5. The number of carbonyl (C=O) groups excluding carboxylic acids is 2. The van der Waals surface area contributed by atoms with E-state index in [-0.39, 0.29) is 5.69 Å². The molecule has 0 bridgehead atoms. The molecule has 28 heavy (non-hydrogen) atoms. The van der Waals surface area contributed by atoms with Crippen LogP contribution in [0.1, 0.15) is 32.1 Å². The summed E-state index contributed by atoms with van der Waals surface area (Å²) in [5, 5.41) is 4.54. The van der Waals surface area contributed by atoms with Gasteiger partial charge in [0.2, 0.25) is 5.43 Å². The Labute approximate surface area is 165 Å². The molecule has 2 N–H and O–H groups in total. The Balaban J connectivity index is 1.83. The third kappa shape index (κ3) is 4.10. The first-order chi connectivity index (χ1) is 13.4. The van der Waals surface area contributed by atoms with Crippen LogP contribution in [0.2, 0.25) is 5.02 Å². The standard InChI is InChI=1S/C20H17ClN4O3/c1-12-7-9-14(10-8-12)19(27)22-23-20(28)18-17(26)11-13(2)25(24-18)16-6-4-3-5-15(16)21/h3-11H,1-2H3,(H,22,27)(H,23,28). The van der Waals surface area contributed by atoms with Gasteiger partial charge in [-0.1, -0.05) is 41.4 Å². The molecule has 0 fully saturated rings. The lowest BCUT2D eigenvalue weighted by Gasteiger charge is -2.13. The maximum atomic E-state index is 12.4. The van der Waals surface area contributed by atoms with E-state index < -0.39 is 17.2 Å². The molecular formula is C20H17ClN4O3. The summed E-state index contributed by atoms with van der Waals surface area (Å²) in [5.41, 5.74) is 5.98. The summed E-state index contributed by atoms with van der Waals surface area (Å²) in [4.78, 5) is 36.7. The van der Waals surface area contributed by atoms with Crippen LogP contribution in [0.4, 0.5) is 0 Å². The van der Waals surface area contributed by atoms with E-state index in [1.54, 1.807) is 55.5 Å². The molecule has 1 aromatic heterocycles. The van der Waals surface area contributed by atoms with Crippen molar-refractivity contribution in [3.63, 3.8) is 0 Å². The zero-order valence-electron chi connectivity index (χ0n) is 15.2. The van der Waals surface area contributed by atoms with Gasteiger partial charge < -0.3 is 0 Å². The lowest BCUT2D eigenvalue weighted by Crippen LogP contribution is -2.44. The smallest absolute Gasteiger partial charge is 0.287 e. The van der Waals surface area contributed by atoms with E-state index >= 15 is 0 Å². The molecule has 3 rings (SSSR count). The van der Waals surface area contributed by atoms with Gasteiger partial charge in [-0.05, 0) is 38.1 Å². The molecule has 2 aromatic carbocycles. The fourth-order valence-corrected chi connectivity index (χ4v) is 2.74. The van der Waals surface area contributed by atoms with Crippen LogP contribution in [-0.4, -0.2) is 21.6 Å². The highest BCUT2D eigenvalue weighted by Gasteiger charge is 2.17. The van der Waals surface area contributed by atoms with Crippen molar-refractivity contribution in [2.45, 2.75) is 13.8 Å². The number of hydrogen-bond acceptors (Lipinski definition) is 4. The van der Waals surface area contributed by atoms with Crippen LogP contribution >= 0.6 is 11.6 Å². The molecule has 0 spiro atoms. The molecule has 0 unspecified atom stereocenters. The number of aromatic nitrogens is 2. The van der Waals surface area contributed by atoms with Gasteiger partial charge in [0.25, 0.3) is 11.8 Å². The number of aryl methyl sites for hydroxylation is 2. The third-order valence-corrected chi connectivity index (χ3v) is 4.33. The van der Waals surface area contributed by atoms with Crippen molar-refractivity contribution < 1.29 is 9.59 Å². The number of nitrogens with zero attached hydrogens (tertiary/aromatic N) is 2. The maximum Gasteiger partial charge on any atom is 0.294 e. The Kier molecular flexibility index (Phi) is 5.56.